The topological polar surface area (TPSA) is 72.2 Å². The van der Waals surface area contributed by atoms with Crippen LogP contribution in [0.5, 0.6) is 11.5 Å². The van der Waals surface area contributed by atoms with E-state index in [2.05, 4.69) is 109 Å². The second-order valence-corrected chi connectivity index (χ2v) is 14.4. The van der Waals surface area contributed by atoms with Crippen LogP contribution in [0, 0.1) is 39.6 Å². The number of hydrogen-bond acceptors (Lipinski definition) is 7. The Morgan fingerprint density at radius 3 is 1.88 bits per heavy atom. The van der Waals surface area contributed by atoms with Gasteiger partial charge in [0.25, 0.3) is 0 Å². The summed E-state index contributed by atoms with van der Waals surface area (Å²) in [5, 5.41) is 2.00. The Hall–Kier alpha value is -6.89. The summed E-state index contributed by atoms with van der Waals surface area (Å²) in [5.74, 6) is 3.31. The Balaban J connectivity index is 0.00000449. The van der Waals surface area contributed by atoms with Crippen LogP contribution in [0.25, 0.3) is 61.8 Å². The van der Waals surface area contributed by atoms with Gasteiger partial charge >= 0.3 is 0 Å². The number of pyridine rings is 1. The molecule has 1 aliphatic rings. The van der Waals surface area contributed by atoms with Crippen molar-refractivity contribution in [3.05, 3.63) is 194 Å². The second-order valence-electron chi connectivity index (χ2n) is 14.4. The van der Waals surface area contributed by atoms with E-state index < -0.39 is 0 Å². The predicted molar refractivity (Wildman–Crippen MR) is 232 cm³/mol. The minimum Gasteiger partial charge on any atom is -0.508 e. The van der Waals surface area contributed by atoms with Gasteiger partial charge in [-0.25, -0.2) is 19.9 Å². The first kappa shape index (κ1) is 37.7. The molecule has 0 saturated carbocycles. The van der Waals surface area contributed by atoms with E-state index in [0.29, 0.717) is 34.5 Å². The van der Waals surface area contributed by atoms with Gasteiger partial charge in [0, 0.05) is 61.1 Å². The molecule has 0 radical (unpaired) electrons. The third-order valence-electron chi connectivity index (χ3n) is 10.3. The number of aryl methyl sites for hydroxylation is 3. The van der Waals surface area contributed by atoms with Crippen LogP contribution in [0.2, 0.25) is 0 Å². The summed E-state index contributed by atoms with van der Waals surface area (Å²) in [6, 6.07) is 54.3. The summed E-state index contributed by atoms with van der Waals surface area (Å²) in [6.45, 7) is 8.26. The fourth-order valence-corrected chi connectivity index (χ4v) is 7.17. The van der Waals surface area contributed by atoms with Crippen molar-refractivity contribution in [3.8, 4) is 51.5 Å². The van der Waals surface area contributed by atoms with Crippen molar-refractivity contribution in [1.82, 2.24) is 24.5 Å². The van der Waals surface area contributed by atoms with Crippen LogP contribution in [-0.2, 0) is 21.1 Å². The summed E-state index contributed by atoms with van der Waals surface area (Å²) < 4.78 is 9.00. The van der Waals surface area contributed by atoms with Crippen LogP contribution in [0.4, 0.5) is 11.4 Å². The average Bonchev–Trinajstić information content (AvgIpc) is 3.88. The summed E-state index contributed by atoms with van der Waals surface area (Å²) >= 11 is 0. The smallest absolute Gasteiger partial charge is 0.162 e. The van der Waals surface area contributed by atoms with Crippen LogP contribution < -0.4 is 14.5 Å². The molecule has 10 rings (SSSR count). The van der Waals surface area contributed by atoms with E-state index in [1.54, 1.807) is 6.20 Å². The van der Waals surface area contributed by atoms with Crippen LogP contribution in [0.1, 0.15) is 16.7 Å². The van der Waals surface area contributed by atoms with Crippen molar-refractivity contribution in [3.63, 3.8) is 0 Å². The largest absolute Gasteiger partial charge is 0.508 e. The molecular formula is C50H36N7OPt-3. The molecule has 8 nitrogen and oxygen atoms in total. The summed E-state index contributed by atoms with van der Waals surface area (Å²) in [6.07, 6.45) is 5.84. The predicted octanol–water partition coefficient (Wildman–Crippen LogP) is 11.6. The van der Waals surface area contributed by atoms with Gasteiger partial charge in [0.1, 0.15) is 11.6 Å². The van der Waals surface area contributed by atoms with Gasteiger partial charge in [-0.05, 0) is 74.5 Å². The molecule has 0 bridgehead atoms. The molecule has 0 fully saturated rings. The van der Waals surface area contributed by atoms with Gasteiger partial charge < -0.3 is 19.1 Å². The summed E-state index contributed by atoms with van der Waals surface area (Å²) in [4.78, 5) is 24.1. The first-order valence-electron chi connectivity index (χ1n) is 19.1. The molecule has 4 heterocycles. The monoisotopic (exact) mass is 945 g/mol. The zero-order valence-corrected chi connectivity index (χ0v) is 34.7. The number of nitrogens with zero attached hydrogens (tertiary/aromatic N) is 7. The van der Waals surface area contributed by atoms with Gasteiger partial charge in [-0.2, -0.15) is 6.07 Å². The summed E-state index contributed by atoms with van der Waals surface area (Å²) in [7, 11) is 0. The quantitative estimate of drug-likeness (QED) is 0.141. The zero-order chi connectivity index (χ0) is 39.2. The Kier molecular flexibility index (Phi) is 10.1. The maximum absolute atomic E-state index is 6.88. The molecule has 0 amide bonds. The van der Waals surface area contributed by atoms with Gasteiger partial charge in [-0.15, -0.1) is 48.1 Å². The van der Waals surface area contributed by atoms with E-state index in [9.17, 15) is 0 Å². The number of rotatable bonds is 8. The standard InChI is InChI=1S/C50H36N7O.Pt/c1-33-14-20-36(21-15-33)48-52-49(37-22-16-34(2)17-23-37)54-50(53-48)43-30-42-41-11-4-5-12-44(41)57(47-13-6-7-26-51-47)45(42)31-46(43)58-40-10-8-9-39(29-40)56-28-27-55(32-56)38-24-18-35(3)19-25-38;/h4-28,30,32H,1-3H3;/q-3;. The van der Waals surface area contributed by atoms with E-state index in [-0.39, 0.29) is 21.1 Å². The Bertz CT molecular complexity index is 2920. The number of ether oxygens (including phenoxy) is 1. The average molecular weight is 946 g/mol. The Morgan fingerprint density at radius 1 is 0.576 bits per heavy atom. The van der Waals surface area contributed by atoms with Crippen molar-refractivity contribution < 1.29 is 25.8 Å². The third-order valence-corrected chi connectivity index (χ3v) is 10.3. The molecule has 3 aromatic heterocycles. The number of para-hydroxylation sites is 1. The van der Waals surface area contributed by atoms with Crippen LogP contribution in [0.15, 0.2) is 158 Å². The van der Waals surface area contributed by atoms with Gasteiger partial charge in [0.2, 0.25) is 0 Å². The molecule has 0 N–H and O–H groups in total. The Labute approximate surface area is 357 Å². The molecular weight excluding hydrogens is 910 g/mol. The molecule has 290 valence electrons. The molecule has 0 atom stereocenters. The van der Waals surface area contributed by atoms with Crippen molar-refractivity contribution in [1.29, 1.82) is 0 Å². The fraction of sp³-hybridized carbons (Fsp3) is 0.0600. The number of fused-ring (bicyclic) bond motifs is 3. The molecule has 59 heavy (non-hydrogen) atoms. The van der Waals surface area contributed by atoms with E-state index in [4.69, 9.17) is 24.7 Å². The van der Waals surface area contributed by atoms with Gasteiger partial charge in [0.05, 0.1) is 0 Å². The van der Waals surface area contributed by atoms with E-state index >= 15 is 0 Å². The van der Waals surface area contributed by atoms with Gasteiger partial charge in [-0.1, -0.05) is 107 Å². The van der Waals surface area contributed by atoms with Crippen molar-refractivity contribution in [2.24, 2.45) is 0 Å². The zero-order valence-electron chi connectivity index (χ0n) is 32.4. The molecule has 0 unspecified atom stereocenters. The number of aromatic nitrogens is 5. The van der Waals surface area contributed by atoms with Gasteiger partial charge in [0.15, 0.2) is 11.6 Å². The molecule has 1 aliphatic heterocycles. The molecule has 0 saturated heterocycles. The number of anilines is 2. The van der Waals surface area contributed by atoms with E-state index in [1.807, 2.05) is 96.8 Å². The maximum Gasteiger partial charge on any atom is 0.162 e. The number of benzene rings is 6. The van der Waals surface area contributed by atoms with E-state index in [1.165, 1.54) is 5.56 Å². The molecule has 9 aromatic rings. The molecule has 6 aromatic carbocycles. The van der Waals surface area contributed by atoms with Crippen LogP contribution in [0.3, 0.4) is 0 Å². The van der Waals surface area contributed by atoms with Crippen LogP contribution in [-0.4, -0.2) is 24.5 Å². The molecule has 0 aliphatic carbocycles. The normalized spacial score (nSPS) is 12.3. The van der Waals surface area contributed by atoms with Crippen molar-refractivity contribution in [2.75, 3.05) is 9.80 Å². The SMILES string of the molecule is Cc1ccc(-c2nc(-c3ccc(C)cc3)nc(-c3cc4c5ccccc5n(-c5ccccn5)c4[c-]c3Oc3[c-]c(N4C=CN(c5ccc(C)cc5)[CH-]4)ccc3)n2)cc1.[Pt]. The van der Waals surface area contributed by atoms with Crippen molar-refractivity contribution in [2.45, 2.75) is 20.8 Å². The molecule has 9 heteroatoms. The molecule has 0 spiro atoms. The summed E-state index contributed by atoms with van der Waals surface area (Å²) in [5.41, 5.74) is 9.65. The fourth-order valence-electron chi connectivity index (χ4n) is 7.17. The maximum atomic E-state index is 6.88. The van der Waals surface area contributed by atoms with Crippen molar-refractivity contribution >= 4 is 33.2 Å². The van der Waals surface area contributed by atoms with Crippen LogP contribution >= 0.6 is 0 Å². The van der Waals surface area contributed by atoms with Gasteiger partial charge in [-0.3, -0.25) is 0 Å². The first-order valence-corrected chi connectivity index (χ1v) is 19.1. The third kappa shape index (κ3) is 7.39. The number of hydrogen-bond donors (Lipinski definition) is 0. The second kappa shape index (κ2) is 15.8. The Morgan fingerprint density at radius 2 is 1.20 bits per heavy atom. The van der Waals surface area contributed by atoms with E-state index in [0.717, 1.165) is 61.3 Å². The minimum absolute atomic E-state index is 0. The first-order chi connectivity index (χ1) is 28.4. The minimum atomic E-state index is 0.